The van der Waals surface area contributed by atoms with Gasteiger partial charge in [0.15, 0.2) is 0 Å². The van der Waals surface area contributed by atoms with Gasteiger partial charge in [-0.1, -0.05) is 13.8 Å². The second-order valence-electron chi connectivity index (χ2n) is 7.25. The van der Waals surface area contributed by atoms with Gasteiger partial charge in [-0.2, -0.15) is 0 Å². The van der Waals surface area contributed by atoms with E-state index in [1.165, 1.54) is 77.7 Å². The van der Waals surface area contributed by atoms with Gasteiger partial charge in [-0.05, 0) is 95.4 Å². The molecule has 0 atom stereocenters. The quantitative estimate of drug-likeness (QED) is 0.791. The van der Waals surface area contributed by atoms with Crippen molar-refractivity contribution in [1.82, 2.24) is 10.2 Å². The summed E-state index contributed by atoms with van der Waals surface area (Å²) in [7, 11) is 0. The van der Waals surface area contributed by atoms with Gasteiger partial charge in [0.1, 0.15) is 0 Å². The highest BCUT2D eigenvalue weighted by Crippen LogP contribution is 2.24. The number of likely N-dealkylation sites (tertiary alicyclic amines) is 1. The summed E-state index contributed by atoms with van der Waals surface area (Å²) in [6, 6.07) is 0. The van der Waals surface area contributed by atoms with Gasteiger partial charge in [0.25, 0.3) is 0 Å². The topological polar surface area (TPSA) is 15.3 Å². The van der Waals surface area contributed by atoms with Crippen LogP contribution in [0.15, 0.2) is 0 Å². The molecule has 0 aromatic rings. The zero-order valence-electron chi connectivity index (χ0n) is 13.2. The van der Waals surface area contributed by atoms with E-state index < -0.39 is 0 Å². The first kappa shape index (κ1) is 15.3. The van der Waals surface area contributed by atoms with Crippen molar-refractivity contribution in [3.8, 4) is 0 Å². The first-order chi connectivity index (χ1) is 9.24. The van der Waals surface area contributed by atoms with Gasteiger partial charge in [0, 0.05) is 0 Å². The Hall–Kier alpha value is -0.0800. The average Bonchev–Trinajstić information content (AvgIpc) is 2.41. The Balaban J connectivity index is 1.53. The lowest BCUT2D eigenvalue weighted by molar-refractivity contribution is 0.164. The molecule has 0 saturated carbocycles. The average molecular weight is 266 g/mol. The van der Waals surface area contributed by atoms with Crippen LogP contribution in [-0.4, -0.2) is 37.6 Å². The Morgan fingerprint density at radius 3 is 2.32 bits per heavy atom. The van der Waals surface area contributed by atoms with Gasteiger partial charge in [0.05, 0.1) is 0 Å². The van der Waals surface area contributed by atoms with Crippen molar-refractivity contribution < 1.29 is 0 Å². The molecule has 0 spiro atoms. The molecule has 112 valence electrons. The minimum Gasteiger partial charge on any atom is -0.317 e. The molecule has 2 fully saturated rings. The molecule has 0 amide bonds. The van der Waals surface area contributed by atoms with Crippen LogP contribution in [0.3, 0.4) is 0 Å². The summed E-state index contributed by atoms with van der Waals surface area (Å²) in [5.41, 5.74) is 0. The molecule has 2 saturated heterocycles. The van der Waals surface area contributed by atoms with Gasteiger partial charge in [-0.3, -0.25) is 0 Å². The van der Waals surface area contributed by atoms with Crippen molar-refractivity contribution >= 4 is 0 Å². The molecule has 2 heterocycles. The molecule has 0 radical (unpaired) electrons. The minimum atomic E-state index is 0.886. The van der Waals surface area contributed by atoms with Crippen LogP contribution < -0.4 is 5.32 Å². The van der Waals surface area contributed by atoms with Crippen LogP contribution in [-0.2, 0) is 0 Å². The van der Waals surface area contributed by atoms with E-state index in [2.05, 4.69) is 24.1 Å². The highest BCUT2D eigenvalue weighted by molar-refractivity contribution is 4.74. The van der Waals surface area contributed by atoms with Crippen molar-refractivity contribution in [2.75, 3.05) is 32.7 Å². The highest BCUT2D eigenvalue weighted by atomic mass is 15.1. The van der Waals surface area contributed by atoms with Crippen LogP contribution in [0.4, 0.5) is 0 Å². The Bertz CT molecular complexity index is 225. The van der Waals surface area contributed by atoms with Crippen LogP contribution in [0.1, 0.15) is 58.8 Å². The summed E-state index contributed by atoms with van der Waals surface area (Å²) in [4.78, 5) is 2.72. The summed E-state index contributed by atoms with van der Waals surface area (Å²) in [6.45, 7) is 11.3. The summed E-state index contributed by atoms with van der Waals surface area (Å²) in [6.07, 6.45) is 10.1. The molecule has 2 aliphatic heterocycles. The maximum absolute atomic E-state index is 3.46. The van der Waals surface area contributed by atoms with Crippen molar-refractivity contribution in [3.05, 3.63) is 0 Å². The third kappa shape index (κ3) is 5.83. The molecule has 1 N–H and O–H groups in total. The maximum atomic E-state index is 3.46. The standard InChI is InChI=1S/C17H34N2/c1-15(2)14-17-7-12-19(13-8-17)11-3-4-16-5-9-18-10-6-16/h15-18H,3-14H2,1-2H3. The van der Waals surface area contributed by atoms with Crippen LogP contribution in [0.2, 0.25) is 0 Å². The van der Waals surface area contributed by atoms with E-state index in [-0.39, 0.29) is 0 Å². The zero-order valence-corrected chi connectivity index (χ0v) is 13.2. The molecular weight excluding hydrogens is 232 g/mol. The van der Waals surface area contributed by atoms with Crippen LogP contribution in [0, 0.1) is 17.8 Å². The molecule has 2 rings (SSSR count). The molecule has 2 heteroatoms. The van der Waals surface area contributed by atoms with Crippen LogP contribution in [0.5, 0.6) is 0 Å². The lowest BCUT2D eigenvalue weighted by Crippen LogP contribution is -2.35. The summed E-state index contributed by atoms with van der Waals surface area (Å²) in [5, 5.41) is 3.46. The molecule has 0 aliphatic carbocycles. The Morgan fingerprint density at radius 2 is 1.68 bits per heavy atom. The van der Waals surface area contributed by atoms with Gasteiger partial charge >= 0.3 is 0 Å². The molecule has 0 aromatic carbocycles. The maximum Gasteiger partial charge on any atom is -0.00161 e. The number of rotatable bonds is 6. The van der Waals surface area contributed by atoms with E-state index in [9.17, 15) is 0 Å². The molecule has 0 unspecified atom stereocenters. The normalized spacial score (nSPS) is 24.2. The van der Waals surface area contributed by atoms with Gasteiger partial charge in [-0.15, -0.1) is 0 Å². The van der Waals surface area contributed by atoms with E-state index in [0.29, 0.717) is 0 Å². The van der Waals surface area contributed by atoms with E-state index in [1.807, 2.05) is 0 Å². The molecule has 2 aliphatic rings. The predicted octanol–water partition coefficient (Wildman–Crippen LogP) is 3.52. The third-order valence-corrected chi connectivity index (χ3v) is 5.06. The second kappa shape index (κ2) is 8.26. The minimum absolute atomic E-state index is 0.886. The van der Waals surface area contributed by atoms with E-state index in [0.717, 1.165) is 17.8 Å². The molecule has 2 nitrogen and oxygen atoms in total. The SMILES string of the molecule is CC(C)CC1CCN(CCCC2CCNCC2)CC1. The fourth-order valence-corrected chi connectivity index (χ4v) is 3.89. The fraction of sp³-hybridized carbons (Fsp3) is 1.00. The summed E-state index contributed by atoms with van der Waals surface area (Å²) in [5.74, 6) is 2.91. The van der Waals surface area contributed by atoms with Crippen molar-refractivity contribution in [2.45, 2.75) is 58.8 Å². The predicted molar refractivity (Wildman–Crippen MR) is 83.4 cm³/mol. The van der Waals surface area contributed by atoms with E-state index in [1.54, 1.807) is 0 Å². The van der Waals surface area contributed by atoms with E-state index >= 15 is 0 Å². The van der Waals surface area contributed by atoms with Crippen molar-refractivity contribution in [1.29, 1.82) is 0 Å². The number of nitrogens with zero attached hydrogens (tertiary/aromatic N) is 1. The summed E-state index contributed by atoms with van der Waals surface area (Å²) < 4.78 is 0. The second-order valence-corrected chi connectivity index (χ2v) is 7.25. The number of nitrogens with one attached hydrogen (secondary N) is 1. The molecule has 0 bridgehead atoms. The summed E-state index contributed by atoms with van der Waals surface area (Å²) >= 11 is 0. The zero-order chi connectivity index (χ0) is 13.5. The first-order valence-electron chi connectivity index (χ1n) is 8.67. The first-order valence-corrected chi connectivity index (χ1v) is 8.67. The van der Waals surface area contributed by atoms with Crippen molar-refractivity contribution in [3.63, 3.8) is 0 Å². The van der Waals surface area contributed by atoms with Crippen LogP contribution >= 0.6 is 0 Å². The Kier molecular flexibility index (Phi) is 6.66. The van der Waals surface area contributed by atoms with Gasteiger partial charge < -0.3 is 10.2 Å². The molecule has 0 aromatic heterocycles. The number of hydrogen-bond acceptors (Lipinski definition) is 2. The lowest BCUT2D eigenvalue weighted by atomic mass is 9.88. The van der Waals surface area contributed by atoms with Gasteiger partial charge in [0.2, 0.25) is 0 Å². The lowest BCUT2D eigenvalue weighted by Gasteiger charge is -2.33. The van der Waals surface area contributed by atoms with Gasteiger partial charge in [-0.25, -0.2) is 0 Å². The Labute approximate surface area is 120 Å². The van der Waals surface area contributed by atoms with Crippen molar-refractivity contribution in [2.24, 2.45) is 17.8 Å². The fourth-order valence-electron chi connectivity index (χ4n) is 3.89. The number of piperidine rings is 2. The molecule has 19 heavy (non-hydrogen) atoms. The third-order valence-electron chi connectivity index (χ3n) is 5.06. The van der Waals surface area contributed by atoms with Crippen LogP contribution in [0.25, 0.3) is 0 Å². The number of hydrogen-bond donors (Lipinski definition) is 1. The smallest absolute Gasteiger partial charge is 0.00161 e. The monoisotopic (exact) mass is 266 g/mol. The molecular formula is C17H34N2. The van der Waals surface area contributed by atoms with E-state index in [4.69, 9.17) is 0 Å². The highest BCUT2D eigenvalue weighted by Gasteiger charge is 2.20. The Morgan fingerprint density at radius 1 is 1.00 bits per heavy atom. The largest absolute Gasteiger partial charge is 0.317 e.